The van der Waals surface area contributed by atoms with Crippen molar-refractivity contribution in [2.45, 2.75) is 22.7 Å². The quantitative estimate of drug-likeness (QED) is 0.502. The summed E-state index contributed by atoms with van der Waals surface area (Å²) in [5, 5.41) is 11.2. The number of carboxylic acid groups (broad SMARTS) is 1. The molecule has 10 heteroatoms. The van der Waals surface area contributed by atoms with E-state index in [2.05, 4.69) is 10.1 Å². The van der Waals surface area contributed by atoms with Crippen LogP contribution in [0, 0.1) is 0 Å². The van der Waals surface area contributed by atoms with Crippen LogP contribution in [0.25, 0.3) is 0 Å². The van der Waals surface area contributed by atoms with Gasteiger partial charge in [0.15, 0.2) is 5.78 Å². The van der Waals surface area contributed by atoms with E-state index in [4.69, 9.17) is 44.6 Å². The minimum atomic E-state index is -1.81. The molecule has 7 nitrogen and oxygen atoms in total. The number of carboxylic acids is 1. The van der Waals surface area contributed by atoms with Gasteiger partial charge in [-0.2, -0.15) is 0 Å². The van der Waals surface area contributed by atoms with Crippen LogP contribution in [0.2, 0.25) is 0 Å². The van der Waals surface area contributed by atoms with E-state index in [0.29, 0.717) is 11.3 Å². The summed E-state index contributed by atoms with van der Waals surface area (Å²) in [7, 11) is 1.50. The number of amides is 1. The van der Waals surface area contributed by atoms with Crippen molar-refractivity contribution >= 4 is 52.6 Å². The molecular formula is C15H16Cl3NO6. The van der Waals surface area contributed by atoms with Gasteiger partial charge in [0, 0.05) is 12.0 Å². The molecule has 0 saturated heterocycles. The highest BCUT2D eigenvalue weighted by Crippen LogP contribution is 2.25. The maximum atomic E-state index is 12.1. The third-order valence-corrected chi connectivity index (χ3v) is 3.36. The van der Waals surface area contributed by atoms with E-state index in [1.807, 2.05) is 0 Å². The van der Waals surface area contributed by atoms with Gasteiger partial charge in [0.1, 0.15) is 18.4 Å². The second-order valence-corrected chi connectivity index (χ2v) is 7.43. The zero-order valence-electron chi connectivity index (χ0n) is 13.1. The van der Waals surface area contributed by atoms with E-state index in [0.717, 1.165) is 0 Å². The summed E-state index contributed by atoms with van der Waals surface area (Å²) in [6.07, 6.45) is -1.27. The van der Waals surface area contributed by atoms with E-state index >= 15 is 0 Å². The summed E-state index contributed by atoms with van der Waals surface area (Å²) in [5.41, 5.74) is 0.406. The molecule has 1 aromatic rings. The number of alkyl carbamates (subject to hydrolysis) is 1. The Kier molecular flexibility index (Phi) is 8.28. The number of ketones is 1. The number of carbonyl (C=O) groups excluding carboxylic acids is 2. The molecule has 0 radical (unpaired) electrons. The first-order valence-electron chi connectivity index (χ1n) is 7.02. The van der Waals surface area contributed by atoms with Crippen LogP contribution in [0.3, 0.4) is 0 Å². The molecule has 1 atom stereocenters. The Morgan fingerprint density at radius 2 is 1.80 bits per heavy atom. The number of aliphatic carboxylic acids is 1. The van der Waals surface area contributed by atoms with Crippen molar-refractivity contribution in [3.8, 4) is 5.75 Å². The highest BCUT2D eigenvalue weighted by Gasteiger charge is 2.25. The van der Waals surface area contributed by atoms with Gasteiger partial charge >= 0.3 is 12.1 Å². The number of ether oxygens (including phenoxy) is 2. The second-order valence-electron chi connectivity index (χ2n) is 4.92. The van der Waals surface area contributed by atoms with Crippen LogP contribution in [0.5, 0.6) is 5.75 Å². The number of methoxy groups -OCH3 is 1. The number of Topliss-reactive ketones (excluding diaryl/α,β-unsaturated/α-hetero) is 1. The summed E-state index contributed by atoms with van der Waals surface area (Å²) in [6, 6.07) is 5.06. The molecule has 1 rings (SSSR count). The zero-order valence-corrected chi connectivity index (χ0v) is 15.4. The van der Waals surface area contributed by atoms with Crippen LogP contribution in [0.15, 0.2) is 24.3 Å². The van der Waals surface area contributed by atoms with Crippen molar-refractivity contribution in [3.05, 3.63) is 29.8 Å². The highest BCUT2D eigenvalue weighted by molar-refractivity contribution is 6.67. The van der Waals surface area contributed by atoms with Gasteiger partial charge in [0.2, 0.25) is 3.79 Å². The fraction of sp³-hybridized carbons (Fsp3) is 0.400. The lowest BCUT2D eigenvalue weighted by molar-refractivity contribution is -0.139. The molecule has 0 heterocycles. The number of nitrogens with one attached hydrogen (secondary N) is 1. The summed E-state index contributed by atoms with van der Waals surface area (Å²) >= 11 is 16.3. The Morgan fingerprint density at radius 3 is 2.28 bits per heavy atom. The van der Waals surface area contributed by atoms with Crippen LogP contribution >= 0.6 is 34.8 Å². The molecule has 0 fully saturated rings. The van der Waals surface area contributed by atoms with Crippen molar-refractivity contribution in [3.63, 3.8) is 0 Å². The molecule has 0 aliphatic rings. The molecule has 0 aliphatic heterocycles. The Morgan fingerprint density at radius 1 is 1.20 bits per heavy atom. The minimum Gasteiger partial charge on any atom is -0.497 e. The van der Waals surface area contributed by atoms with E-state index in [1.165, 1.54) is 7.11 Å². The van der Waals surface area contributed by atoms with Crippen molar-refractivity contribution in [1.82, 2.24) is 5.32 Å². The molecule has 0 spiro atoms. The standard InChI is InChI=1S/C15H16Cl3NO6/c1-24-10-4-2-9(3-5-10)12(20)7-6-11(13(21)22)19-14(23)25-8-15(16,17)18/h2-5,11H,6-8H2,1H3,(H,19,23)(H,21,22). The molecule has 0 aromatic heterocycles. The molecule has 138 valence electrons. The molecule has 1 unspecified atom stereocenters. The van der Waals surface area contributed by atoms with Crippen LogP contribution in [-0.4, -0.2) is 46.5 Å². The van der Waals surface area contributed by atoms with E-state index in [9.17, 15) is 14.4 Å². The maximum Gasteiger partial charge on any atom is 0.407 e. The zero-order chi connectivity index (χ0) is 19.0. The third kappa shape index (κ3) is 8.29. The van der Waals surface area contributed by atoms with Crippen molar-refractivity contribution in [1.29, 1.82) is 0 Å². The van der Waals surface area contributed by atoms with Gasteiger partial charge < -0.3 is 19.9 Å². The summed E-state index contributed by atoms with van der Waals surface area (Å²) < 4.78 is 7.78. The molecule has 2 N–H and O–H groups in total. The molecule has 0 bridgehead atoms. The smallest absolute Gasteiger partial charge is 0.407 e. The molecule has 0 saturated carbocycles. The van der Waals surface area contributed by atoms with Crippen LogP contribution in [0.1, 0.15) is 23.2 Å². The molecule has 0 aliphatic carbocycles. The number of halogens is 3. The number of benzene rings is 1. The third-order valence-electron chi connectivity index (χ3n) is 3.03. The Hall–Kier alpha value is -1.70. The first kappa shape index (κ1) is 21.3. The lowest BCUT2D eigenvalue weighted by atomic mass is 10.0. The minimum absolute atomic E-state index is 0.0893. The summed E-state index contributed by atoms with van der Waals surface area (Å²) in [6.45, 7) is -0.541. The van der Waals surface area contributed by atoms with Crippen LogP contribution in [-0.2, 0) is 9.53 Å². The normalized spacial score (nSPS) is 12.2. The Labute approximate surface area is 159 Å². The van der Waals surface area contributed by atoms with Gasteiger partial charge in [0.05, 0.1) is 7.11 Å². The summed E-state index contributed by atoms with van der Waals surface area (Å²) in [4.78, 5) is 34.8. The molecule has 25 heavy (non-hydrogen) atoms. The predicted molar refractivity (Wildman–Crippen MR) is 92.8 cm³/mol. The Balaban J connectivity index is 2.55. The summed E-state index contributed by atoms with van der Waals surface area (Å²) in [5.74, 6) is -0.989. The first-order valence-corrected chi connectivity index (χ1v) is 8.16. The molecule has 1 amide bonds. The van der Waals surface area contributed by atoms with Crippen LogP contribution < -0.4 is 10.1 Å². The topological polar surface area (TPSA) is 102 Å². The monoisotopic (exact) mass is 411 g/mol. The van der Waals surface area contributed by atoms with Gasteiger partial charge in [-0.1, -0.05) is 34.8 Å². The van der Waals surface area contributed by atoms with Crippen molar-refractivity contribution in [2.75, 3.05) is 13.7 Å². The van der Waals surface area contributed by atoms with Gasteiger partial charge in [0.25, 0.3) is 0 Å². The number of hydrogen-bond acceptors (Lipinski definition) is 5. The average molecular weight is 413 g/mol. The maximum absolute atomic E-state index is 12.1. The van der Waals surface area contributed by atoms with Crippen molar-refractivity contribution < 1.29 is 29.0 Å². The van der Waals surface area contributed by atoms with E-state index in [-0.39, 0.29) is 18.6 Å². The lowest BCUT2D eigenvalue weighted by Crippen LogP contribution is -2.42. The van der Waals surface area contributed by atoms with Crippen molar-refractivity contribution in [2.24, 2.45) is 0 Å². The first-order chi connectivity index (χ1) is 11.6. The SMILES string of the molecule is COc1ccc(C(=O)CCC(NC(=O)OCC(Cl)(Cl)Cl)C(=O)O)cc1. The van der Waals surface area contributed by atoms with Gasteiger partial charge in [-0.25, -0.2) is 9.59 Å². The fourth-order valence-corrected chi connectivity index (χ4v) is 1.95. The number of carbonyl (C=O) groups is 3. The molecular weight excluding hydrogens is 397 g/mol. The number of rotatable bonds is 8. The van der Waals surface area contributed by atoms with E-state index in [1.54, 1.807) is 24.3 Å². The largest absolute Gasteiger partial charge is 0.497 e. The Bertz CT molecular complexity index is 615. The average Bonchev–Trinajstić information content (AvgIpc) is 2.55. The fourth-order valence-electron chi connectivity index (χ4n) is 1.79. The van der Waals surface area contributed by atoms with E-state index < -0.39 is 28.5 Å². The highest BCUT2D eigenvalue weighted by atomic mass is 35.6. The van der Waals surface area contributed by atoms with Gasteiger partial charge in [-0.05, 0) is 30.7 Å². The number of alkyl halides is 3. The number of hydrogen-bond donors (Lipinski definition) is 2. The second kappa shape index (κ2) is 9.70. The predicted octanol–water partition coefficient (Wildman–Crippen LogP) is 3.21. The van der Waals surface area contributed by atoms with Gasteiger partial charge in [-0.3, -0.25) is 4.79 Å². The van der Waals surface area contributed by atoms with Gasteiger partial charge in [-0.15, -0.1) is 0 Å². The molecule has 1 aromatic carbocycles. The lowest BCUT2D eigenvalue weighted by Gasteiger charge is -2.16. The van der Waals surface area contributed by atoms with Crippen LogP contribution in [0.4, 0.5) is 4.79 Å².